The van der Waals surface area contributed by atoms with E-state index in [1.807, 2.05) is 0 Å². The summed E-state index contributed by atoms with van der Waals surface area (Å²) in [5, 5.41) is 7.01. The molecule has 0 aromatic carbocycles. The first kappa shape index (κ1) is 21.5. The fourth-order valence-corrected chi connectivity index (χ4v) is 3.86. The molecule has 2 rings (SSSR count). The Morgan fingerprint density at radius 3 is 2.58 bits per heavy atom. The molecule has 2 N–H and O–H groups in total. The second-order valence-corrected chi connectivity index (χ2v) is 8.58. The highest BCUT2D eigenvalue weighted by molar-refractivity contribution is 5.79. The summed E-state index contributed by atoms with van der Waals surface area (Å²) in [6.45, 7) is 20.1. The number of nitrogens with one attached hydrogen (secondary N) is 2. The summed E-state index contributed by atoms with van der Waals surface area (Å²) < 4.78 is 5.48. The lowest BCUT2D eigenvalue weighted by molar-refractivity contribution is -0.00684. The van der Waals surface area contributed by atoms with E-state index in [1.54, 1.807) is 0 Å². The van der Waals surface area contributed by atoms with Crippen molar-refractivity contribution in [2.75, 3.05) is 59.0 Å². The Balaban J connectivity index is 1.85. The number of rotatable bonds is 7. The third-order valence-electron chi connectivity index (χ3n) is 5.67. The molecule has 2 saturated heterocycles. The van der Waals surface area contributed by atoms with Crippen molar-refractivity contribution >= 4 is 5.96 Å². The zero-order valence-electron chi connectivity index (χ0n) is 17.7. The predicted molar refractivity (Wildman–Crippen MR) is 110 cm³/mol. The maximum atomic E-state index is 5.48. The summed E-state index contributed by atoms with van der Waals surface area (Å²) in [4.78, 5) is 9.99. The smallest absolute Gasteiger partial charge is 0.191 e. The van der Waals surface area contributed by atoms with E-state index in [-0.39, 0.29) is 5.54 Å². The quantitative estimate of drug-likeness (QED) is 0.531. The van der Waals surface area contributed by atoms with Crippen molar-refractivity contribution in [3.63, 3.8) is 0 Å². The van der Waals surface area contributed by atoms with Gasteiger partial charge in [-0.25, -0.2) is 0 Å². The lowest BCUT2D eigenvalue weighted by Gasteiger charge is -2.40. The molecule has 0 saturated carbocycles. The van der Waals surface area contributed by atoms with Crippen LogP contribution in [0.1, 0.15) is 47.5 Å². The maximum absolute atomic E-state index is 5.48. The third-order valence-corrected chi connectivity index (χ3v) is 5.67. The van der Waals surface area contributed by atoms with Crippen LogP contribution < -0.4 is 10.6 Å². The molecule has 2 heterocycles. The van der Waals surface area contributed by atoms with Crippen molar-refractivity contribution in [3.8, 4) is 0 Å². The molecule has 152 valence electrons. The number of piperidine rings is 1. The van der Waals surface area contributed by atoms with Gasteiger partial charge in [-0.05, 0) is 59.9 Å². The van der Waals surface area contributed by atoms with Gasteiger partial charge in [0.1, 0.15) is 0 Å². The van der Waals surface area contributed by atoms with Gasteiger partial charge in [-0.1, -0.05) is 0 Å². The van der Waals surface area contributed by atoms with Gasteiger partial charge in [0.2, 0.25) is 0 Å². The van der Waals surface area contributed by atoms with Gasteiger partial charge in [-0.3, -0.25) is 9.89 Å². The predicted octanol–water partition coefficient (Wildman–Crippen LogP) is 1.77. The number of guanidine groups is 1. The van der Waals surface area contributed by atoms with Crippen molar-refractivity contribution in [1.82, 2.24) is 20.4 Å². The summed E-state index contributed by atoms with van der Waals surface area (Å²) in [6.07, 6.45) is 2.62. The monoisotopic (exact) mass is 367 g/mol. The highest BCUT2D eigenvalue weighted by Crippen LogP contribution is 2.18. The first-order valence-electron chi connectivity index (χ1n) is 10.5. The summed E-state index contributed by atoms with van der Waals surface area (Å²) in [5.74, 6) is 1.66. The van der Waals surface area contributed by atoms with Gasteiger partial charge in [0.25, 0.3) is 0 Å². The minimum absolute atomic E-state index is 0.0609. The van der Waals surface area contributed by atoms with Crippen LogP contribution in [0.4, 0.5) is 0 Å². The molecule has 0 bridgehead atoms. The lowest BCUT2D eigenvalue weighted by Crippen LogP contribution is -2.52. The van der Waals surface area contributed by atoms with E-state index in [0.29, 0.717) is 12.0 Å². The van der Waals surface area contributed by atoms with E-state index in [9.17, 15) is 0 Å². The Morgan fingerprint density at radius 1 is 1.19 bits per heavy atom. The van der Waals surface area contributed by atoms with Crippen molar-refractivity contribution in [1.29, 1.82) is 0 Å². The van der Waals surface area contributed by atoms with E-state index < -0.39 is 0 Å². The van der Waals surface area contributed by atoms with Gasteiger partial charge in [0, 0.05) is 44.3 Å². The van der Waals surface area contributed by atoms with Crippen LogP contribution in [-0.2, 0) is 4.74 Å². The number of nitrogens with zero attached hydrogens (tertiary/aromatic N) is 3. The van der Waals surface area contributed by atoms with Crippen LogP contribution in [0.2, 0.25) is 0 Å². The second kappa shape index (κ2) is 10.5. The lowest BCUT2D eigenvalue weighted by atomic mass is 9.97. The molecule has 26 heavy (non-hydrogen) atoms. The van der Waals surface area contributed by atoms with E-state index >= 15 is 0 Å². The Morgan fingerprint density at radius 2 is 1.92 bits per heavy atom. The number of aliphatic imine (C=N–C) groups is 1. The Kier molecular flexibility index (Phi) is 8.64. The molecule has 1 atom stereocenters. The molecule has 0 amide bonds. The van der Waals surface area contributed by atoms with Gasteiger partial charge in [0.05, 0.1) is 19.8 Å². The standard InChI is InChI=1S/C20H41N5O/c1-6-21-19(22-14-18-8-7-9-24(15-18)17(2)3)23-16-20(4,5)25-10-12-26-13-11-25/h17-18H,6-16H2,1-5H3,(H2,21,22,23). The van der Waals surface area contributed by atoms with Gasteiger partial charge >= 0.3 is 0 Å². The van der Waals surface area contributed by atoms with Crippen molar-refractivity contribution in [3.05, 3.63) is 0 Å². The molecule has 0 spiro atoms. The van der Waals surface area contributed by atoms with Crippen LogP contribution in [0.3, 0.4) is 0 Å². The fraction of sp³-hybridized carbons (Fsp3) is 0.950. The minimum Gasteiger partial charge on any atom is -0.379 e. The van der Waals surface area contributed by atoms with Gasteiger partial charge in [0.15, 0.2) is 5.96 Å². The molecule has 6 nitrogen and oxygen atoms in total. The molecule has 2 aliphatic heterocycles. The molecule has 0 radical (unpaired) electrons. The highest BCUT2D eigenvalue weighted by Gasteiger charge is 2.28. The van der Waals surface area contributed by atoms with E-state index in [0.717, 1.165) is 51.9 Å². The van der Waals surface area contributed by atoms with E-state index in [1.165, 1.54) is 25.9 Å². The minimum atomic E-state index is 0.0609. The molecule has 0 aliphatic carbocycles. The molecule has 0 aromatic heterocycles. The van der Waals surface area contributed by atoms with Crippen molar-refractivity contribution < 1.29 is 4.74 Å². The van der Waals surface area contributed by atoms with Crippen LogP contribution in [-0.4, -0.2) is 86.4 Å². The first-order valence-corrected chi connectivity index (χ1v) is 10.5. The summed E-state index contributed by atoms with van der Waals surface area (Å²) >= 11 is 0. The average molecular weight is 368 g/mol. The largest absolute Gasteiger partial charge is 0.379 e. The van der Waals surface area contributed by atoms with Gasteiger partial charge in [-0.15, -0.1) is 0 Å². The van der Waals surface area contributed by atoms with Crippen LogP contribution in [0, 0.1) is 5.92 Å². The van der Waals surface area contributed by atoms with Crippen molar-refractivity contribution in [2.24, 2.45) is 10.9 Å². The molecular weight excluding hydrogens is 326 g/mol. The molecule has 0 aromatic rings. The van der Waals surface area contributed by atoms with E-state index in [4.69, 9.17) is 9.73 Å². The first-order chi connectivity index (χ1) is 12.4. The third kappa shape index (κ3) is 6.71. The number of hydrogen-bond acceptors (Lipinski definition) is 4. The number of hydrogen-bond donors (Lipinski definition) is 2. The Hall–Kier alpha value is -0.850. The van der Waals surface area contributed by atoms with Crippen LogP contribution >= 0.6 is 0 Å². The number of morpholine rings is 1. The van der Waals surface area contributed by atoms with Crippen LogP contribution in [0.15, 0.2) is 4.99 Å². The Labute approximate surface area is 160 Å². The van der Waals surface area contributed by atoms with Crippen LogP contribution in [0.5, 0.6) is 0 Å². The summed E-state index contributed by atoms with van der Waals surface area (Å²) in [6, 6.07) is 0.647. The number of ether oxygens (including phenoxy) is 1. The van der Waals surface area contributed by atoms with Gasteiger partial charge < -0.3 is 20.3 Å². The summed E-state index contributed by atoms with van der Waals surface area (Å²) in [5.41, 5.74) is 0.0609. The molecule has 1 unspecified atom stereocenters. The van der Waals surface area contributed by atoms with E-state index in [2.05, 4.69) is 55.1 Å². The highest BCUT2D eigenvalue weighted by atomic mass is 16.5. The maximum Gasteiger partial charge on any atom is 0.191 e. The zero-order valence-corrected chi connectivity index (χ0v) is 17.7. The molecule has 6 heteroatoms. The topological polar surface area (TPSA) is 52.1 Å². The molecular formula is C20H41N5O. The average Bonchev–Trinajstić information content (AvgIpc) is 2.65. The SMILES string of the molecule is CCNC(=NCC(C)(C)N1CCOCC1)NCC1CCCN(C(C)C)C1. The molecule has 2 aliphatic rings. The second-order valence-electron chi connectivity index (χ2n) is 8.58. The van der Waals surface area contributed by atoms with Crippen LogP contribution in [0.25, 0.3) is 0 Å². The molecule has 2 fully saturated rings. The van der Waals surface area contributed by atoms with Gasteiger partial charge in [-0.2, -0.15) is 0 Å². The summed E-state index contributed by atoms with van der Waals surface area (Å²) in [7, 11) is 0. The van der Waals surface area contributed by atoms with Crippen molar-refractivity contribution in [2.45, 2.75) is 59.0 Å². The normalized spacial score (nSPS) is 24.1. The zero-order chi connectivity index (χ0) is 19.0. The Bertz CT molecular complexity index is 432. The fourth-order valence-electron chi connectivity index (χ4n) is 3.86. The number of likely N-dealkylation sites (tertiary alicyclic amines) is 1.